The van der Waals surface area contributed by atoms with Gasteiger partial charge in [-0.3, -0.25) is 29.4 Å². The second-order valence-corrected chi connectivity index (χ2v) is 12.4. The van der Waals surface area contributed by atoms with Gasteiger partial charge in [0.15, 0.2) is 0 Å². The van der Waals surface area contributed by atoms with Crippen LogP contribution in [0.5, 0.6) is 0 Å². The Kier molecular flexibility index (Phi) is 7.78. The molecular weight excluding hydrogens is 612 g/mol. The number of carbonyl (C=O) groups excluding carboxylic acids is 5. The second-order valence-electron chi connectivity index (χ2n) is 12.4. The normalized spacial score (nSPS) is 18.9. The van der Waals surface area contributed by atoms with E-state index in [1.54, 1.807) is 35.0 Å². The predicted octanol–water partition coefficient (Wildman–Crippen LogP) is 4.71. The molecule has 1 aromatic heterocycles. The van der Waals surface area contributed by atoms with Gasteiger partial charge in [-0.15, -0.1) is 0 Å². The average molecular weight is 647 g/mol. The molecule has 244 valence electrons. The Hall–Kier alpha value is -5.78. The number of nitrogens with zero attached hydrogens (tertiary/aromatic N) is 4. The number of piperidine rings is 1. The zero-order chi connectivity index (χ0) is 33.7. The van der Waals surface area contributed by atoms with Gasteiger partial charge >= 0.3 is 6.03 Å². The number of amides is 6. The van der Waals surface area contributed by atoms with Gasteiger partial charge in [-0.2, -0.15) is 0 Å². The monoisotopic (exact) mass is 646 g/mol. The van der Waals surface area contributed by atoms with Crippen molar-refractivity contribution in [3.8, 4) is 11.1 Å². The number of imide groups is 1. The zero-order valence-corrected chi connectivity index (χ0v) is 26.8. The summed E-state index contributed by atoms with van der Waals surface area (Å²) < 4.78 is 5.44. The van der Waals surface area contributed by atoms with E-state index in [1.165, 1.54) is 4.90 Å². The van der Waals surface area contributed by atoms with Crippen LogP contribution < -0.4 is 15.5 Å². The molecule has 0 bridgehead atoms. The summed E-state index contributed by atoms with van der Waals surface area (Å²) in [6.07, 6.45) is 0.395. The van der Waals surface area contributed by atoms with Crippen LogP contribution in [0.2, 0.25) is 0 Å². The second kappa shape index (κ2) is 12.1. The molecule has 1 fully saturated rings. The number of carbonyl (C=O) groups is 5. The zero-order valence-electron chi connectivity index (χ0n) is 26.8. The molecule has 3 aliphatic heterocycles. The van der Waals surface area contributed by atoms with E-state index in [0.29, 0.717) is 22.6 Å². The summed E-state index contributed by atoms with van der Waals surface area (Å²) in [7, 11) is 1.73. The molecule has 0 spiro atoms. The van der Waals surface area contributed by atoms with Crippen LogP contribution in [-0.4, -0.2) is 64.3 Å². The molecule has 48 heavy (non-hydrogen) atoms. The highest BCUT2D eigenvalue weighted by molar-refractivity contribution is 6.07. The van der Waals surface area contributed by atoms with E-state index in [9.17, 15) is 24.0 Å². The molecule has 4 aromatic rings. The number of aryl methyl sites for hydroxylation is 2. The van der Waals surface area contributed by atoms with Crippen molar-refractivity contribution < 1.29 is 28.5 Å². The Bertz CT molecular complexity index is 1970. The van der Waals surface area contributed by atoms with E-state index >= 15 is 0 Å². The molecule has 3 aromatic carbocycles. The maximum atomic E-state index is 13.9. The van der Waals surface area contributed by atoms with Crippen molar-refractivity contribution in [2.45, 2.75) is 51.7 Å². The van der Waals surface area contributed by atoms with Crippen LogP contribution in [0, 0.1) is 13.8 Å². The molecule has 12 heteroatoms. The Balaban J connectivity index is 1.14. The molecule has 0 aliphatic carbocycles. The summed E-state index contributed by atoms with van der Waals surface area (Å²) in [5.74, 6) is -0.800. The molecule has 12 nitrogen and oxygen atoms in total. The molecular formula is C36H34N6O6. The minimum absolute atomic E-state index is 0.00370. The summed E-state index contributed by atoms with van der Waals surface area (Å²) >= 11 is 0. The fourth-order valence-electron chi connectivity index (χ4n) is 7.06. The van der Waals surface area contributed by atoms with Crippen LogP contribution >= 0.6 is 0 Å². The molecule has 2 unspecified atom stereocenters. The number of aromatic nitrogens is 1. The lowest BCUT2D eigenvalue weighted by Crippen LogP contribution is -2.52. The van der Waals surface area contributed by atoms with Crippen LogP contribution in [0.25, 0.3) is 11.1 Å². The Labute approximate surface area is 276 Å². The number of anilines is 2. The maximum absolute atomic E-state index is 13.9. The van der Waals surface area contributed by atoms with Gasteiger partial charge in [-0.25, -0.2) is 4.79 Å². The first-order chi connectivity index (χ1) is 23.1. The van der Waals surface area contributed by atoms with Crippen LogP contribution in [0.4, 0.5) is 16.2 Å². The number of fused-ring (bicyclic) bond motifs is 2. The van der Waals surface area contributed by atoms with Crippen LogP contribution in [0.3, 0.4) is 0 Å². The highest BCUT2D eigenvalue weighted by Gasteiger charge is 2.41. The van der Waals surface area contributed by atoms with Gasteiger partial charge in [-0.05, 0) is 55.7 Å². The van der Waals surface area contributed by atoms with E-state index < -0.39 is 18.0 Å². The molecule has 3 aliphatic rings. The smallest absolute Gasteiger partial charge is 0.325 e. The third-order valence-electron chi connectivity index (χ3n) is 9.40. The van der Waals surface area contributed by atoms with Gasteiger partial charge in [0.05, 0.1) is 17.4 Å². The standard InChI is InChI=1S/C36H34N6O6/c1-20-32(21(2)48-39-20)23-12-13-28-25(18-23)33(22-8-5-4-6-9-22)41(36(47)40(28)3)17-16-31(44)37-27-11-7-10-24-26(27)19-42(35(24)46)29-14-15-30(43)38-34(29)45/h4-13,18,29,33H,14-17,19H2,1-3H3,(H,37,44)(H,38,43,45). The van der Waals surface area contributed by atoms with Gasteiger partial charge < -0.3 is 19.6 Å². The van der Waals surface area contributed by atoms with Crippen LogP contribution in [-0.2, 0) is 20.9 Å². The third kappa shape index (κ3) is 5.28. The lowest BCUT2D eigenvalue weighted by atomic mass is 9.90. The number of rotatable bonds is 7. The molecule has 0 saturated carbocycles. The number of hydrogen-bond acceptors (Lipinski definition) is 7. The number of benzene rings is 3. The van der Waals surface area contributed by atoms with E-state index in [2.05, 4.69) is 21.9 Å². The summed E-state index contributed by atoms with van der Waals surface area (Å²) in [6.45, 7) is 4.02. The maximum Gasteiger partial charge on any atom is 0.325 e. The highest BCUT2D eigenvalue weighted by Crippen LogP contribution is 2.43. The van der Waals surface area contributed by atoms with Crippen molar-refractivity contribution in [2.24, 2.45) is 0 Å². The quantitative estimate of drug-likeness (QED) is 0.277. The van der Waals surface area contributed by atoms with Crippen molar-refractivity contribution in [1.29, 1.82) is 0 Å². The molecule has 4 heterocycles. The van der Waals surface area contributed by atoms with Crippen LogP contribution in [0.15, 0.2) is 71.3 Å². The molecule has 6 amide bonds. The number of hydrogen-bond donors (Lipinski definition) is 2. The Morgan fingerprint density at radius 2 is 1.81 bits per heavy atom. The first-order valence-electron chi connectivity index (χ1n) is 15.8. The van der Waals surface area contributed by atoms with Crippen molar-refractivity contribution in [3.05, 3.63) is 100 Å². The van der Waals surface area contributed by atoms with E-state index in [-0.39, 0.29) is 56.1 Å². The minimum atomic E-state index is -0.760. The van der Waals surface area contributed by atoms with E-state index in [0.717, 1.165) is 33.6 Å². The fraction of sp³-hybridized carbons (Fsp3) is 0.278. The van der Waals surface area contributed by atoms with Gasteiger partial charge in [0, 0.05) is 60.9 Å². The molecule has 0 radical (unpaired) electrons. The minimum Gasteiger partial charge on any atom is -0.361 e. The Morgan fingerprint density at radius 1 is 1.02 bits per heavy atom. The van der Waals surface area contributed by atoms with E-state index in [4.69, 9.17) is 4.52 Å². The topological polar surface area (TPSA) is 145 Å². The van der Waals surface area contributed by atoms with Crippen molar-refractivity contribution in [1.82, 2.24) is 20.3 Å². The summed E-state index contributed by atoms with van der Waals surface area (Å²) in [5, 5.41) is 9.37. The lowest BCUT2D eigenvalue weighted by Gasteiger charge is -2.42. The third-order valence-corrected chi connectivity index (χ3v) is 9.40. The van der Waals surface area contributed by atoms with Gasteiger partial charge in [-0.1, -0.05) is 47.6 Å². The molecule has 1 saturated heterocycles. The van der Waals surface area contributed by atoms with Gasteiger partial charge in [0.2, 0.25) is 17.7 Å². The fourth-order valence-corrected chi connectivity index (χ4v) is 7.06. The summed E-state index contributed by atoms with van der Waals surface area (Å²) in [4.78, 5) is 69.6. The summed E-state index contributed by atoms with van der Waals surface area (Å²) in [6, 6.07) is 19.3. The highest BCUT2D eigenvalue weighted by atomic mass is 16.5. The predicted molar refractivity (Wildman–Crippen MR) is 176 cm³/mol. The molecule has 7 rings (SSSR count). The average Bonchev–Trinajstić information content (AvgIpc) is 3.60. The largest absolute Gasteiger partial charge is 0.361 e. The van der Waals surface area contributed by atoms with Gasteiger partial charge in [0.1, 0.15) is 11.8 Å². The first-order valence-corrected chi connectivity index (χ1v) is 15.8. The SMILES string of the molecule is Cc1noc(C)c1-c1ccc2c(c1)C(c1ccccc1)N(CCC(=O)Nc1cccc3c1CN(C1CCC(=O)NC1=O)C3=O)C(=O)N2C. The van der Waals surface area contributed by atoms with Gasteiger partial charge in [0.25, 0.3) is 5.91 Å². The number of nitrogens with one attached hydrogen (secondary N) is 2. The lowest BCUT2D eigenvalue weighted by molar-refractivity contribution is -0.137. The van der Waals surface area contributed by atoms with E-state index in [1.807, 2.05) is 56.3 Å². The molecule has 2 N–H and O–H groups in total. The Morgan fingerprint density at radius 3 is 2.54 bits per heavy atom. The van der Waals surface area contributed by atoms with Crippen LogP contribution in [0.1, 0.15) is 63.8 Å². The van der Waals surface area contributed by atoms with Crippen molar-refractivity contribution >= 4 is 41.0 Å². The molecule has 2 atom stereocenters. The first kappa shape index (κ1) is 30.9. The number of urea groups is 1. The van der Waals surface area contributed by atoms with Crippen molar-refractivity contribution in [3.63, 3.8) is 0 Å². The van der Waals surface area contributed by atoms with Crippen molar-refractivity contribution in [2.75, 3.05) is 23.8 Å². The summed E-state index contributed by atoms with van der Waals surface area (Å²) in [5.41, 5.74) is 6.67.